The molecule has 5 rings (SSSR count). The molecule has 2 aliphatic rings. The smallest absolute Gasteiger partial charge is 0.219 e. The van der Waals surface area contributed by atoms with Gasteiger partial charge in [0.1, 0.15) is 5.75 Å². The van der Waals surface area contributed by atoms with Crippen LogP contribution in [0.5, 0.6) is 23.0 Å². The van der Waals surface area contributed by atoms with Crippen LogP contribution in [0.1, 0.15) is 35.9 Å². The maximum atomic E-state index is 13.7. The molecule has 35 heavy (non-hydrogen) atoms. The fraction of sp³-hybridized carbons (Fsp3) is 0.320. The summed E-state index contributed by atoms with van der Waals surface area (Å²) in [6.07, 6.45) is 0.962. The summed E-state index contributed by atoms with van der Waals surface area (Å²) in [5.41, 5.74) is 3.11. The second-order valence-corrected chi connectivity index (χ2v) is 8.28. The molecule has 0 amide bonds. The van der Waals surface area contributed by atoms with Crippen molar-refractivity contribution in [2.45, 2.75) is 24.8 Å². The van der Waals surface area contributed by atoms with Crippen molar-refractivity contribution in [2.75, 3.05) is 39.1 Å². The summed E-state index contributed by atoms with van der Waals surface area (Å²) < 4.78 is 27.0. The summed E-state index contributed by atoms with van der Waals surface area (Å²) in [6.45, 7) is 0. The van der Waals surface area contributed by atoms with Gasteiger partial charge in [0.15, 0.2) is 17.3 Å². The highest BCUT2D eigenvalue weighted by Crippen LogP contribution is 2.49. The number of rotatable bonds is 6. The highest BCUT2D eigenvalue weighted by atomic mass is 16.6. The number of carbonyl (C=O) groups excluding carboxylic acids is 1. The highest BCUT2D eigenvalue weighted by Gasteiger charge is 2.39. The first-order chi connectivity index (χ1) is 17.1. The first-order valence-corrected chi connectivity index (χ1v) is 11.1. The molecule has 2 N–H and O–H groups in total. The molecule has 2 heterocycles. The van der Waals surface area contributed by atoms with Gasteiger partial charge in [0.05, 0.1) is 34.5 Å². The number of ether oxygens (including phenoxy) is 4. The third-order valence-corrected chi connectivity index (χ3v) is 6.47. The molecule has 3 aromatic rings. The van der Waals surface area contributed by atoms with Crippen LogP contribution >= 0.6 is 0 Å². The van der Waals surface area contributed by atoms with Crippen molar-refractivity contribution >= 4 is 17.4 Å². The van der Waals surface area contributed by atoms with Crippen LogP contribution in [0.25, 0.3) is 0 Å². The first kappa shape index (κ1) is 22.6. The van der Waals surface area contributed by atoms with Crippen LogP contribution in [0.2, 0.25) is 0 Å². The second kappa shape index (κ2) is 9.21. The van der Waals surface area contributed by atoms with E-state index in [4.69, 9.17) is 23.6 Å². The molecule has 10 nitrogen and oxygen atoms in total. The fourth-order valence-corrected chi connectivity index (χ4v) is 4.80. The number of nitrogens with zero attached hydrogens (tertiary/aromatic N) is 2. The number of anilines is 2. The molecule has 0 saturated carbocycles. The van der Waals surface area contributed by atoms with Gasteiger partial charge in [-0.2, -0.15) is 0 Å². The minimum Gasteiger partial charge on any atom is -0.497 e. The molecular weight excluding hydrogens is 452 g/mol. The minimum atomic E-state index is -0.579. The summed E-state index contributed by atoms with van der Waals surface area (Å²) in [5, 5.41) is 14.6. The predicted octanol–water partition coefficient (Wildman–Crippen LogP) is 4.08. The number of hydrogen-bond acceptors (Lipinski definition) is 10. The number of fused-ring (bicyclic) bond motifs is 1. The van der Waals surface area contributed by atoms with E-state index in [1.165, 1.54) is 0 Å². The van der Waals surface area contributed by atoms with Crippen molar-refractivity contribution < 1.29 is 28.4 Å². The van der Waals surface area contributed by atoms with Crippen LogP contribution in [0.15, 0.2) is 52.3 Å². The average Bonchev–Trinajstić information content (AvgIpc) is 3.26. The van der Waals surface area contributed by atoms with Crippen molar-refractivity contribution in [3.8, 4) is 23.0 Å². The normalized spacial score (nSPS) is 19.0. The van der Waals surface area contributed by atoms with Gasteiger partial charge < -0.3 is 29.6 Å². The number of aromatic nitrogens is 2. The van der Waals surface area contributed by atoms with E-state index in [2.05, 4.69) is 20.9 Å². The van der Waals surface area contributed by atoms with E-state index in [0.29, 0.717) is 52.9 Å². The summed E-state index contributed by atoms with van der Waals surface area (Å²) in [6, 6.07) is 10.9. The number of benzene rings is 2. The molecule has 1 aliphatic carbocycles. The standard InChI is InChI=1S/C25H26N4O6/c1-31-15-7-5-13(6-8-15)14-11-17-20(18(30)12-14)21(27-25-24(26-17)28-35-29-25)16-9-10-19(32-2)23(34-4)22(16)33-3/h5-10,14,21H,11-12H2,1-4H3,(H,26,28)(H,27,29)/t14-,21-/m0/s1. The third kappa shape index (κ3) is 3.90. The fourth-order valence-electron chi connectivity index (χ4n) is 4.80. The largest absolute Gasteiger partial charge is 0.497 e. The minimum absolute atomic E-state index is 0.00554. The maximum absolute atomic E-state index is 13.7. The topological polar surface area (TPSA) is 117 Å². The Labute approximate surface area is 202 Å². The molecule has 0 radical (unpaired) electrons. The van der Waals surface area contributed by atoms with E-state index in [1.54, 1.807) is 34.5 Å². The number of nitrogens with one attached hydrogen (secondary N) is 2. The van der Waals surface area contributed by atoms with E-state index in [9.17, 15) is 4.79 Å². The Morgan fingerprint density at radius 1 is 0.857 bits per heavy atom. The number of methoxy groups -OCH3 is 4. The van der Waals surface area contributed by atoms with Gasteiger partial charge in [-0.15, -0.1) is 0 Å². The Morgan fingerprint density at radius 3 is 2.29 bits per heavy atom. The second-order valence-electron chi connectivity index (χ2n) is 8.28. The van der Waals surface area contributed by atoms with Crippen molar-refractivity contribution in [1.82, 2.24) is 10.3 Å². The Balaban J connectivity index is 1.62. The predicted molar refractivity (Wildman–Crippen MR) is 127 cm³/mol. The van der Waals surface area contributed by atoms with E-state index in [0.717, 1.165) is 17.0 Å². The molecule has 1 aliphatic heterocycles. The molecule has 0 unspecified atom stereocenters. The zero-order valence-corrected chi connectivity index (χ0v) is 19.9. The number of allylic oxidation sites excluding steroid dienone is 1. The van der Waals surface area contributed by atoms with Gasteiger partial charge in [-0.25, -0.2) is 4.63 Å². The van der Waals surface area contributed by atoms with Crippen LogP contribution in [0.4, 0.5) is 11.6 Å². The number of carbonyl (C=O) groups is 1. The Hall–Kier alpha value is -4.21. The van der Waals surface area contributed by atoms with Crippen LogP contribution in [-0.4, -0.2) is 44.5 Å². The van der Waals surface area contributed by atoms with Gasteiger partial charge in [0.25, 0.3) is 0 Å². The molecule has 182 valence electrons. The molecule has 2 atom stereocenters. The molecule has 2 aromatic carbocycles. The maximum Gasteiger partial charge on any atom is 0.219 e. The van der Waals surface area contributed by atoms with E-state index in [1.807, 2.05) is 30.3 Å². The number of Topliss-reactive ketones (excluding diaryl/α,β-unsaturated/α-hetero) is 1. The monoisotopic (exact) mass is 478 g/mol. The van der Waals surface area contributed by atoms with Gasteiger partial charge in [0, 0.05) is 23.3 Å². The lowest BCUT2D eigenvalue weighted by molar-refractivity contribution is -0.116. The van der Waals surface area contributed by atoms with Crippen molar-refractivity contribution in [3.63, 3.8) is 0 Å². The lowest BCUT2D eigenvalue weighted by Gasteiger charge is -2.30. The van der Waals surface area contributed by atoms with Crippen LogP contribution in [-0.2, 0) is 4.79 Å². The molecule has 0 spiro atoms. The molecule has 0 bridgehead atoms. The van der Waals surface area contributed by atoms with Gasteiger partial charge in [-0.05, 0) is 52.5 Å². The lowest BCUT2D eigenvalue weighted by atomic mass is 9.78. The Bertz CT molecular complexity index is 1280. The summed E-state index contributed by atoms with van der Waals surface area (Å²) in [4.78, 5) is 13.7. The van der Waals surface area contributed by atoms with E-state index in [-0.39, 0.29) is 11.7 Å². The van der Waals surface area contributed by atoms with Crippen LogP contribution in [0.3, 0.4) is 0 Å². The molecule has 10 heteroatoms. The zero-order chi connectivity index (χ0) is 24.5. The van der Waals surface area contributed by atoms with E-state index >= 15 is 0 Å². The van der Waals surface area contributed by atoms with Gasteiger partial charge >= 0.3 is 0 Å². The first-order valence-electron chi connectivity index (χ1n) is 11.1. The van der Waals surface area contributed by atoms with Crippen LogP contribution in [0, 0.1) is 0 Å². The van der Waals surface area contributed by atoms with Crippen molar-refractivity contribution in [2.24, 2.45) is 0 Å². The number of ketones is 1. The summed E-state index contributed by atoms with van der Waals surface area (Å²) in [7, 11) is 6.28. The van der Waals surface area contributed by atoms with Crippen LogP contribution < -0.4 is 29.6 Å². The summed E-state index contributed by atoms with van der Waals surface area (Å²) >= 11 is 0. The van der Waals surface area contributed by atoms with Crippen molar-refractivity contribution in [1.29, 1.82) is 0 Å². The Morgan fingerprint density at radius 2 is 1.60 bits per heavy atom. The number of hydrogen-bond donors (Lipinski definition) is 2. The lowest BCUT2D eigenvalue weighted by Crippen LogP contribution is -2.27. The molecular formula is C25H26N4O6. The molecule has 0 fully saturated rings. The highest BCUT2D eigenvalue weighted by molar-refractivity contribution is 6.01. The van der Waals surface area contributed by atoms with Gasteiger partial charge in [-0.1, -0.05) is 12.1 Å². The van der Waals surface area contributed by atoms with Gasteiger partial charge in [-0.3, -0.25) is 4.79 Å². The average molecular weight is 479 g/mol. The Kier molecular flexibility index (Phi) is 5.94. The SMILES string of the molecule is COc1ccc([C@@H]2CC(=O)C3=C(C2)Nc2nonc2N[C@H]3c2ccc(OC)c(OC)c2OC)cc1. The molecule has 1 aromatic heterocycles. The van der Waals surface area contributed by atoms with E-state index < -0.39 is 6.04 Å². The summed E-state index contributed by atoms with van der Waals surface area (Å²) in [5.74, 6) is 3.01. The molecule has 0 saturated heterocycles. The van der Waals surface area contributed by atoms with Crippen molar-refractivity contribution in [3.05, 3.63) is 58.8 Å². The van der Waals surface area contributed by atoms with Gasteiger partial charge in [0.2, 0.25) is 17.4 Å². The third-order valence-electron chi connectivity index (χ3n) is 6.47. The zero-order valence-electron chi connectivity index (χ0n) is 19.9. The quantitative estimate of drug-likeness (QED) is 0.537.